The molecule has 3 rings (SSSR count). The van der Waals surface area contributed by atoms with Gasteiger partial charge >= 0.3 is 0 Å². The lowest BCUT2D eigenvalue weighted by molar-refractivity contribution is -0.118. The summed E-state index contributed by atoms with van der Waals surface area (Å²) in [5.41, 5.74) is 2.23. The van der Waals surface area contributed by atoms with Gasteiger partial charge in [0.15, 0.2) is 12.9 Å². The average Bonchev–Trinajstić information content (AvgIpc) is 2.73. The van der Waals surface area contributed by atoms with Crippen LogP contribution >= 0.6 is 0 Å². The van der Waals surface area contributed by atoms with E-state index in [2.05, 4.69) is 22.0 Å². The lowest BCUT2D eigenvalue weighted by atomic mass is 10.2. The van der Waals surface area contributed by atoms with Crippen LogP contribution in [0.25, 0.3) is 0 Å². The van der Waals surface area contributed by atoms with E-state index < -0.39 is 0 Å². The number of nitrogens with zero attached hydrogens (tertiary/aromatic N) is 2. The van der Waals surface area contributed by atoms with Crippen molar-refractivity contribution in [2.45, 2.75) is 6.92 Å². The second-order valence-corrected chi connectivity index (χ2v) is 6.43. The molecule has 2 aromatic rings. The molecule has 0 saturated carbocycles. The maximum Gasteiger partial charge on any atom is 0.262 e. The van der Waals surface area contributed by atoms with Crippen molar-refractivity contribution < 1.29 is 14.3 Å². The van der Waals surface area contributed by atoms with Crippen molar-refractivity contribution in [2.75, 3.05) is 49.5 Å². The van der Waals surface area contributed by atoms with Gasteiger partial charge in [0.25, 0.3) is 5.91 Å². The highest BCUT2D eigenvalue weighted by Crippen LogP contribution is 2.26. The minimum Gasteiger partial charge on any atom is -0.483 e. The predicted molar refractivity (Wildman–Crippen MR) is 107 cm³/mol. The number of benzene rings is 2. The van der Waals surface area contributed by atoms with Gasteiger partial charge in [-0.2, -0.15) is 0 Å². The van der Waals surface area contributed by atoms with Gasteiger partial charge in [0, 0.05) is 26.2 Å². The minimum absolute atomic E-state index is 0.150. The van der Waals surface area contributed by atoms with E-state index in [-0.39, 0.29) is 12.5 Å². The molecule has 0 bridgehead atoms. The van der Waals surface area contributed by atoms with Gasteiger partial charge in [0.2, 0.25) is 0 Å². The van der Waals surface area contributed by atoms with E-state index in [9.17, 15) is 9.59 Å². The zero-order valence-corrected chi connectivity index (χ0v) is 15.6. The van der Waals surface area contributed by atoms with E-state index in [1.54, 1.807) is 24.3 Å². The second kappa shape index (κ2) is 9.19. The summed E-state index contributed by atoms with van der Waals surface area (Å²) in [4.78, 5) is 28.1. The first-order valence-electron chi connectivity index (χ1n) is 9.24. The van der Waals surface area contributed by atoms with E-state index in [1.807, 2.05) is 24.3 Å². The van der Waals surface area contributed by atoms with Gasteiger partial charge in [-0.05, 0) is 30.8 Å². The molecular weight excluding hydrogens is 342 g/mol. The summed E-state index contributed by atoms with van der Waals surface area (Å²) in [6, 6.07) is 14.7. The molecule has 142 valence electrons. The van der Waals surface area contributed by atoms with Gasteiger partial charge < -0.3 is 19.9 Å². The standard InChI is InChI=1S/C21H25N3O3/c1-2-23-11-13-24(14-12-23)19-9-5-4-8-18(19)22-21(26)16-27-20-10-6-3-7-17(20)15-25/h3-10,15H,2,11-14,16H2,1H3,(H,22,26). The largest absolute Gasteiger partial charge is 0.483 e. The first-order chi connectivity index (χ1) is 13.2. The topological polar surface area (TPSA) is 61.9 Å². The molecule has 1 heterocycles. The molecule has 27 heavy (non-hydrogen) atoms. The monoisotopic (exact) mass is 367 g/mol. The Morgan fingerprint density at radius 2 is 1.78 bits per heavy atom. The van der Waals surface area contributed by atoms with Gasteiger partial charge in [-0.3, -0.25) is 9.59 Å². The van der Waals surface area contributed by atoms with Crippen LogP contribution in [0.5, 0.6) is 5.75 Å². The van der Waals surface area contributed by atoms with E-state index >= 15 is 0 Å². The molecular formula is C21H25N3O3. The van der Waals surface area contributed by atoms with Crippen LogP contribution in [0.3, 0.4) is 0 Å². The number of hydrogen-bond acceptors (Lipinski definition) is 5. The molecule has 6 nitrogen and oxygen atoms in total. The van der Waals surface area contributed by atoms with Crippen LogP contribution in [0.1, 0.15) is 17.3 Å². The zero-order chi connectivity index (χ0) is 19.1. The number of anilines is 2. The van der Waals surface area contributed by atoms with Gasteiger partial charge in [-0.1, -0.05) is 31.2 Å². The van der Waals surface area contributed by atoms with Crippen molar-refractivity contribution >= 4 is 23.6 Å². The summed E-state index contributed by atoms with van der Waals surface area (Å²) >= 11 is 0. The number of rotatable bonds is 7. The summed E-state index contributed by atoms with van der Waals surface area (Å²) in [6.45, 7) is 6.99. The van der Waals surface area contributed by atoms with Crippen molar-refractivity contribution in [3.63, 3.8) is 0 Å². The van der Waals surface area contributed by atoms with Crippen molar-refractivity contribution in [3.8, 4) is 5.75 Å². The maximum absolute atomic E-state index is 12.4. The Hall–Kier alpha value is -2.86. The summed E-state index contributed by atoms with van der Waals surface area (Å²) in [6.07, 6.45) is 0.721. The molecule has 0 aliphatic carbocycles. The lowest BCUT2D eigenvalue weighted by Crippen LogP contribution is -2.46. The molecule has 0 aromatic heterocycles. The fraction of sp³-hybridized carbons (Fsp3) is 0.333. The Labute approximate surface area is 159 Å². The predicted octanol–water partition coefficient (Wildman–Crippen LogP) is 2.66. The first kappa shape index (κ1) is 18.9. The van der Waals surface area contributed by atoms with Crippen LogP contribution < -0.4 is 15.0 Å². The Morgan fingerprint density at radius 1 is 1.07 bits per heavy atom. The van der Waals surface area contributed by atoms with E-state index in [1.165, 1.54) is 0 Å². The molecule has 1 fully saturated rings. The number of amides is 1. The first-order valence-corrected chi connectivity index (χ1v) is 9.24. The van der Waals surface area contributed by atoms with Gasteiger partial charge in [-0.25, -0.2) is 0 Å². The number of likely N-dealkylation sites (N-methyl/N-ethyl adjacent to an activating group) is 1. The molecule has 2 aromatic carbocycles. The molecule has 1 N–H and O–H groups in total. The summed E-state index contributed by atoms with van der Waals surface area (Å²) in [7, 11) is 0. The molecule has 1 aliphatic rings. The van der Waals surface area contributed by atoms with Gasteiger partial charge in [0.05, 0.1) is 16.9 Å². The van der Waals surface area contributed by atoms with Crippen molar-refractivity contribution in [1.29, 1.82) is 0 Å². The Bertz CT molecular complexity index is 786. The number of nitrogens with one attached hydrogen (secondary N) is 1. The molecule has 1 saturated heterocycles. The van der Waals surface area contributed by atoms with E-state index in [4.69, 9.17) is 4.74 Å². The SMILES string of the molecule is CCN1CCN(c2ccccc2NC(=O)COc2ccccc2C=O)CC1. The summed E-state index contributed by atoms with van der Waals surface area (Å²) < 4.78 is 5.51. The number of carbonyl (C=O) groups excluding carboxylic acids is 2. The smallest absolute Gasteiger partial charge is 0.262 e. The molecule has 1 aliphatic heterocycles. The normalized spacial score (nSPS) is 14.6. The highest BCUT2D eigenvalue weighted by atomic mass is 16.5. The number of ether oxygens (including phenoxy) is 1. The molecule has 1 amide bonds. The Balaban J connectivity index is 1.62. The second-order valence-electron chi connectivity index (χ2n) is 6.43. The third kappa shape index (κ3) is 4.86. The Morgan fingerprint density at radius 3 is 2.52 bits per heavy atom. The van der Waals surface area contributed by atoms with Crippen molar-refractivity contribution in [3.05, 3.63) is 54.1 Å². The number of para-hydroxylation sites is 3. The van der Waals surface area contributed by atoms with E-state index in [0.717, 1.165) is 50.4 Å². The third-order valence-electron chi connectivity index (χ3n) is 4.74. The van der Waals surface area contributed by atoms with Crippen LogP contribution in [0.15, 0.2) is 48.5 Å². The van der Waals surface area contributed by atoms with Crippen molar-refractivity contribution in [1.82, 2.24) is 4.90 Å². The molecule has 6 heteroatoms. The lowest BCUT2D eigenvalue weighted by Gasteiger charge is -2.36. The number of aldehydes is 1. The number of carbonyl (C=O) groups is 2. The fourth-order valence-electron chi connectivity index (χ4n) is 3.20. The van der Waals surface area contributed by atoms with Crippen LogP contribution in [-0.4, -0.2) is 56.4 Å². The number of hydrogen-bond donors (Lipinski definition) is 1. The highest BCUT2D eigenvalue weighted by molar-refractivity contribution is 5.95. The van der Waals surface area contributed by atoms with Crippen LogP contribution in [-0.2, 0) is 4.79 Å². The Kier molecular flexibility index (Phi) is 6.44. The average molecular weight is 367 g/mol. The van der Waals surface area contributed by atoms with Gasteiger partial charge in [-0.15, -0.1) is 0 Å². The van der Waals surface area contributed by atoms with E-state index in [0.29, 0.717) is 11.3 Å². The fourth-order valence-corrected chi connectivity index (χ4v) is 3.20. The third-order valence-corrected chi connectivity index (χ3v) is 4.74. The molecule has 0 unspecified atom stereocenters. The molecule has 0 radical (unpaired) electrons. The van der Waals surface area contributed by atoms with Crippen LogP contribution in [0.2, 0.25) is 0 Å². The summed E-state index contributed by atoms with van der Waals surface area (Å²) in [5.74, 6) is 0.155. The maximum atomic E-state index is 12.4. The van der Waals surface area contributed by atoms with Crippen LogP contribution in [0, 0.1) is 0 Å². The quantitative estimate of drug-likeness (QED) is 0.763. The zero-order valence-electron chi connectivity index (χ0n) is 15.6. The van der Waals surface area contributed by atoms with Gasteiger partial charge in [0.1, 0.15) is 5.75 Å². The number of piperazine rings is 1. The molecule has 0 atom stereocenters. The highest BCUT2D eigenvalue weighted by Gasteiger charge is 2.19. The van der Waals surface area contributed by atoms with Crippen LogP contribution in [0.4, 0.5) is 11.4 Å². The molecule has 0 spiro atoms. The minimum atomic E-state index is -0.254. The van der Waals surface area contributed by atoms with Crippen molar-refractivity contribution in [2.24, 2.45) is 0 Å². The summed E-state index contributed by atoms with van der Waals surface area (Å²) in [5, 5.41) is 2.93.